The van der Waals surface area contributed by atoms with Gasteiger partial charge in [0.1, 0.15) is 0 Å². The zero-order valence-corrected chi connectivity index (χ0v) is 20.0. The maximum absolute atomic E-state index is 12.6. The minimum Gasteiger partial charge on any atom is -0.357 e. The molecular formula is C24H31IN4O. The van der Waals surface area contributed by atoms with Crippen molar-refractivity contribution >= 4 is 35.8 Å². The van der Waals surface area contributed by atoms with E-state index >= 15 is 0 Å². The summed E-state index contributed by atoms with van der Waals surface area (Å²) in [5.74, 6) is 1.19. The molecule has 2 aromatic carbocycles. The number of nitrogens with one attached hydrogen (secondary N) is 1. The molecule has 160 valence electrons. The van der Waals surface area contributed by atoms with Gasteiger partial charge in [0.05, 0.1) is 0 Å². The Morgan fingerprint density at radius 1 is 0.933 bits per heavy atom. The van der Waals surface area contributed by atoms with Crippen LogP contribution in [0.3, 0.4) is 0 Å². The number of fused-ring (bicyclic) bond motifs is 2. The van der Waals surface area contributed by atoms with Crippen molar-refractivity contribution in [3.63, 3.8) is 0 Å². The van der Waals surface area contributed by atoms with Crippen LogP contribution in [0.25, 0.3) is 0 Å². The largest absolute Gasteiger partial charge is 0.357 e. The molecule has 0 saturated carbocycles. The Morgan fingerprint density at radius 3 is 2.13 bits per heavy atom. The topological polar surface area (TPSA) is 47.9 Å². The van der Waals surface area contributed by atoms with Crippen molar-refractivity contribution < 1.29 is 4.79 Å². The third-order valence-electron chi connectivity index (χ3n) is 5.77. The van der Waals surface area contributed by atoms with E-state index in [2.05, 4.69) is 53.5 Å². The van der Waals surface area contributed by atoms with E-state index in [1.54, 1.807) is 0 Å². The molecule has 1 amide bonds. The Morgan fingerprint density at radius 2 is 1.50 bits per heavy atom. The van der Waals surface area contributed by atoms with Crippen LogP contribution in [-0.4, -0.2) is 41.3 Å². The van der Waals surface area contributed by atoms with E-state index in [9.17, 15) is 4.79 Å². The van der Waals surface area contributed by atoms with E-state index in [1.807, 2.05) is 17.0 Å². The SMILES string of the molecule is CCNC(=NCCCC(=O)N1Cc2ccccc2C1)N1CCc2ccccc2C1.I. The van der Waals surface area contributed by atoms with Crippen LogP contribution in [0, 0.1) is 0 Å². The normalized spacial score (nSPS) is 15.3. The van der Waals surface area contributed by atoms with E-state index in [1.165, 1.54) is 22.3 Å². The number of aliphatic imine (C=N–C) groups is 1. The highest BCUT2D eigenvalue weighted by Gasteiger charge is 2.22. The van der Waals surface area contributed by atoms with Gasteiger partial charge < -0.3 is 15.1 Å². The van der Waals surface area contributed by atoms with Gasteiger partial charge in [-0.3, -0.25) is 9.79 Å². The number of hydrogen-bond donors (Lipinski definition) is 1. The number of hydrogen-bond acceptors (Lipinski definition) is 2. The van der Waals surface area contributed by atoms with E-state index in [0.29, 0.717) is 13.0 Å². The summed E-state index contributed by atoms with van der Waals surface area (Å²) in [6, 6.07) is 17.0. The Bertz CT molecular complexity index is 873. The van der Waals surface area contributed by atoms with Gasteiger partial charge in [-0.25, -0.2) is 0 Å². The van der Waals surface area contributed by atoms with Crippen LogP contribution in [0.4, 0.5) is 0 Å². The van der Waals surface area contributed by atoms with Gasteiger partial charge in [-0.15, -0.1) is 24.0 Å². The van der Waals surface area contributed by atoms with Crippen molar-refractivity contribution in [3.05, 3.63) is 70.8 Å². The van der Waals surface area contributed by atoms with Gasteiger partial charge in [-0.1, -0.05) is 48.5 Å². The molecule has 5 nitrogen and oxygen atoms in total. The minimum atomic E-state index is 0. The molecule has 0 saturated heterocycles. The van der Waals surface area contributed by atoms with Gasteiger partial charge in [0.2, 0.25) is 5.91 Å². The molecule has 0 fully saturated rings. The molecule has 2 heterocycles. The second-order valence-corrected chi connectivity index (χ2v) is 7.80. The second kappa shape index (κ2) is 10.8. The molecule has 0 spiro atoms. The number of rotatable bonds is 5. The van der Waals surface area contributed by atoms with E-state index in [4.69, 9.17) is 4.99 Å². The summed E-state index contributed by atoms with van der Waals surface area (Å²) in [5.41, 5.74) is 5.38. The summed E-state index contributed by atoms with van der Waals surface area (Å²) in [6.45, 7) is 6.99. The highest BCUT2D eigenvalue weighted by atomic mass is 127. The summed E-state index contributed by atoms with van der Waals surface area (Å²) >= 11 is 0. The van der Waals surface area contributed by atoms with Crippen LogP contribution < -0.4 is 5.32 Å². The Kier molecular flexibility index (Phi) is 8.13. The van der Waals surface area contributed by atoms with Crippen LogP contribution in [0.2, 0.25) is 0 Å². The van der Waals surface area contributed by atoms with E-state index in [-0.39, 0.29) is 29.9 Å². The maximum atomic E-state index is 12.6. The number of halogens is 1. The van der Waals surface area contributed by atoms with Crippen LogP contribution in [0.1, 0.15) is 42.0 Å². The first-order valence-corrected chi connectivity index (χ1v) is 10.7. The molecule has 2 aliphatic rings. The minimum absolute atomic E-state index is 0. The maximum Gasteiger partial charge on any atom is 0.223 e. The van der Waals surface area contributed by atoms with Gasteiger partial charge in [0.25, 0.3) is 0 Å². The first-order valence-electron chi connectivity index (χ1n) is 10.7. The van der Waals surface area contributed by atoms with Crippen molar-refractivity contribution in [2.75, 3.05) is 19.6 Å². The van der Waals surface area contributed by atoms with Crippen molar-refractivity contribution in [1.29, 1.82) is 0 Å². The summed E-state index contributed by atoms with van der Waals surface area (Å²) in [7, 11) is 0. The molecule has 6 heteroatoms. The van der Waals surface area contributed by atoms with Gasteiger partial charge in [-0.2, -0.15) is 0 Å². The zero-order chi connectivity index (χ0) is 20.1. The Balaban J connectivity index is 0.00000256. The quantitative estimate of drug-likeness (QED) is 0.282. The van der Waals surface area contributed by atoms with Gasteiger partial charge in [0, 0.05) is 45.7 Å². The van der Waals surface area contributed by atoms with Crippen molar-refractivity contribution in [2.24, 2.45) is 4.99 Å². The summed E-state index contributed by atoms with van der Waals surface area (Å²) in [4.78, 5) is 21.7. The third-order valence-corrected chi connectivity index (χ3v) is 5.77. The molecule has 4 rings (SSSR count). The average Bonchev–Trinajstić information content (AvgIpc) is 3.20. The fourth-order valence-corrected chi connectivity index (χ4v) is 4.19. The molecule has 0 radical (unpaired) electrons. The van der Waals surface area contributed by atoms with Gasteiger partial charge in [0.15, 0.2) is 5.96 Å². The van der Waals surface area contributed by atoms with Crippen molar-refractivity contribution in [3.8, 4) is 0 Å². The summed E-state index contributed by atoms with van der Waals surface area (Å²) < 4.78 is 0. The lowest BCUT2D eigenvalue weighted by molar-refractivity contribution is -0.131. The Labute approximate surface area is 196 Å². The first-order chi connectivity index (χ1) is 14.2. The highest BCUT2D eigenvalue weighted by molar-refractivity contribution is 14.0. The molecule has 2 aliphatic heterocycles. The second-order valence-electron chi connectivity index (χ2n) is 7.80. The lowest BCUT2D eigenvalue weighted by atomic mass is 10.0. The van der Waals surface area contributed by atoms with E-state index in [0.717, 1.165) is 51.5 Å². The number of guanidine groups is 1. The molecule has 2 aromatic rings. The molecule has 0 aromatic heterocycles. The van der Waals surface area contributed by atoms with Gasteiger partial charge >= 0.3 is 0 Å². The molecule has 0 atom stereocenters. The van der Waals surface area contributed by atoms with Crippen molar-refractivity contribution in [2.45, 2.75) is 45.8 Å². The lowest BCUT2D eigenvalue weighted by Gasteiger charge is -2.31. The molecular weight excluding hydrogens is 487 g/mol. The number of carbonyl (C=O) groups is 1. The smallest absolute Gasteiger partial charge is 0.223 e. The first kappa shape index (κ1) is 22.6. The average molecular weight is 518 g/mol. The van der Waals surface area contributed by atoms with Crippen LogP contribution >= 0.6 is 24.0 Å². The summed E-state index contributed by atoms with van der Waals surface area (Å²) in [6.07, 6.45) is 2.39. The Hall–Kier alpha value is -2.09. The van der Waals surface area contributed by atoms with Crippen LogP contribution in [0.5, 0.6) is 0 Å². The monoisotopic (exact) mass is 518 g/mol. The predicted molar refractivity (Wildman–Crippen MR) is 132 cm³/mol. The van der Waals surface area contributed by atoms with Crippen molar-refractivity contribution in [1.82, 2.24) is 15.1 Å². The van der Waals surface area contributed by atoms with Gasteiger partial charge in [-0.05, 0) is 42.0 Å². The van der Waals surface area contributed by atoms with E-state index < -0.39 is 0 Å². The van der Waals surface area contributed by atoms with Crippen LogP contribution in [-0.2, 0) is 30.8 Å². The third kappa shape index (κ3) is 5.33. The number of amides is 1. The molecule has 0 bridgehead atoms. The zero-order valence-electron chi connectivity index (χ0n) is 17.6. The number of benzene rings is 2. The standard InChI is InChI=1S/C24H30N4O.HI/c1-2-25-24(27-15-13-19-8-3-4-9-20(19)16-27)26-14-7-12-23(29)28-17-21-10-5-6-11-22(21)18-28;/h3-6,8-11H,2,7,12-18H2,1H3,(H,25,26);1H. The molecule has 0 aliphatic carbocycles. The van der Waals surface area contributed by atoms with Crippen LogP contribution in [0.15, 0.2) is 53.5 Å². The number of carbonyl (C=O) groups excluding carboxylic acids is 1. The highest BCUT2D eigenvalue weighted by Crippen LogP contribution is 2.23. The molecule has 30 heavy (non-hydrogen) atoms. The lowest BCUT2D eigenvalue weighted by Crippen LogP contribution is -2.44. The molecule has 1 N–H and O–H groups in total. The number of nitrogens with zero attached hydrogens (tertiary/aromatic N) is 3. The summed E-state index contributed by atoms with van der Waals surface area (Å²) in [5, 5.41) is 3.42. The molecule has 0 unspecified atom stereocenters. The fraction of sp³-hybridized carbons (Fsp3) is 0.417. The predicted octanol–water partition coefficient (Wildman–Crippen LogP) is 3.95. The fourth-order valence-electron chi connectivity index (χ4n) is 4.19.